The molecule has 0 heterocycles. The van der Waals surface area contributed by atoms with E-state index >= 15 is 0 Å². The van der Waals surface area contributed by atoms with Crippen molar-refractivity contribution in [2.24, 2.45) is 0 Å². The van der Waals surface area contributed by atoms with E-state index in [9.17, 15) is 10.1 Å². The highest BCUT2D eigenvalue weighted by molar-refractivity contribution is 5.34. The summed E-state index contributed by atoms with van der Waals surface area (Å²) in [6.45, 7) is 3.52. The van der Waals surface area contributed by atoms with Crippen molar-refractivity contribution in [2.45, 2.75) is 19.3 Å². The summed E-state index contributed by atoms with van der Waals surface area (Å²) in [7, 11) is 0. The van der Waals surface area contributed by atoms with Gasteiger partial charge in [0.1, 0.15) is 0 Å². The summed E-state index contributed by atoms with van der Waals surface area (Å²) in [4.78, 5) is 10.1. The predicted octanol–water partition coefficient (Wildman–Crippen LogP) is 2.11. The number of hydrogen-bond acceptors (Lipinski definition) is 3. The Morgan fingerprint density at radius 3 is 2.33 bits per heavy atom. The lowest BCUT2D eigenvalue weighted by molar-refractivity contribution is -0.489. The summed E-state index contributed by atoms with van der Waals surface area (Å²) < 4.78 is 0. The fourth-order valence-electron chi connectivity index (χ4n) is 1.41. The number of benzene rings is 1. The lowest BCUT2D eigenvalue weighted by atomic mass is 9.84. The maximum Gasteiger partial charge on any atom is 0.212 e. The summed E-state index contributed by atoms with van der Waals surface area (Å²) in [5, 5.41) is 19.1. The number of nitriles is 1. The van der Waals surface area contributed by atoms with Crippen LogP contribution in [0.2, 0.25) is 0 Å². The van der Waals surface area contributed by atoms with Gasteiger partial charge in [0.05, 0.1) is 17.0 Å². The third kappa shape index (κ3) is 2.78. The largest absolute Gasteiger partial charge is 0.265 e. The monoisotopic (exact) mass is 204 g/mol. The van der Waals surface area contributed by atoms with Crippen molar-refractivity contribution in [3.05, 3.63) is 45.5 Å². The number of hydrogen-bond donors (Lipinski definition) is 0. The molecule has 4 nitrogen and oxygen atoms in total. The maximum atomic E-state index is 10.5. The Morgan fingerprint density at radius 1 is 1.40 bits per heavy atom. The van der Waals surface area contributed by atoms with E-state index in [0.717, 1.165) is 5.56 Å². The van der Waals surface area contributed by atoms with Crippen molar-refractivity contribution in [1.29, 1.82) is 5.26 Å². The highest BCUT2D eigenvalue weighted by Gasteiger charge is 2.26. The normalized spacial score (nSPS) is 10.7. The minimum Gasteiger partial charge on any atom is -0.265 e. The van der Waals surface area contributed by atoms with Crippen molar-refractivity contribution in [2.75, 3.05) is 6.54 Å². The van der Waals surface area contributed by atoms with Crippen LogP contribution in [0.4, 0.5) is 0 Å². The Kier molecular flexibility index (Phi) is 3.05. The van der Waals surface area contributed by atoms with Gasteiger partial charge in [-0.05, 0) is 31.5 Å². The molecule has 0 saturated carbocycles. The Bertz CT molecular complexity index is 402. The van der Waals surface area contributed by atoms with Crippen molar-refractivity contribution in [1.82, 2.24) is 0 Å². The molecule has 78 valence electrons. The lowest BCUT2D eigenvalue weighted by Gasteiger charge is -2.19. The van der Waals surface area contributed by atoms with E-state index in [-0.39, 0.29) is 11.5 Å². The van der Waals surface area contributed by atoms with E-state index in [1.807, 2.05) is 19.9 Å². The fraction of sp³-hybridized carbons (Fsp3) is 0.364. The van der Waals surface area contributed by atoms with Gasteiger partial charge in [-0.3, -0.25) is 10.1 Å². The summed E-state index contributed by atoms with van der Waals surface area (Å²) in [5.74, 6) is 0. The molecule has 0 saturated heterocycles. The lowest BCUT2D eigenvalue weighted by Crippen LogP contribution is -2.27. The van der Waals surface area contributed by atoms with Gasteiger partial charge in [-0.25, -0.2) is 0 Å². The predicted molar refractivity (Wildman–Crippen MR) is 56.0 cm³/mol. The summed E-state index contributed by atoms with van der Waals surface area (Å²) in [6, 6.07) is 8.90. The quantitative estimate of drug-likeness (QED) is 0.559. The van der Waals surface area contributed by atoms with Gasteiger partial charge in [-0.15, -0.1) is 0 Å². The molecular weight excluding hydrogens is 192 g/mol. The molecule has 15 heavy (non-hydrogen) atoms. The first-order valence-corrected chi connectivity index (χ1v) is 4.58. The van der Waals surface area contributed by atoms with E-state index in [2.05, 4.69) is 0 Å². The summed E-state index contributed by atoms with van der Waals surface area (Å²) >= 11 is 0. The van der Waals surface area contributed by atoms with Crippen LogP contribution in [0, 0.1) is 21.4 Å². The zero-order valence-electron chi connectivity index (χ0n) is 8.73. The van der Waals surface area contributed by atoms with E-state index in [0.29, 0.717) is 5.56 Å². The Balaban J connectivity index is 2.95. The first-order chi connectivity index (χ1) is 6.95. The second-order valence-electron chi connectivity index (χ2n) is 4.06. The van der Waals surface area contributed by atoms with Crippen LogP contribution in [0.1, 0.15) is 25.0 Å². The smallest absolute Gasteiger partial charge is 0.212 e. The van der Waals surface area contributed by atoms with Crippen LogP contribution < -0.4 is 0 Å². The van der Waals surface area contributed by atoms with E-state index in [1.165, 1.54) is 0 Å². The van der Waals surface area contributed by atoms with Crippen molar-refractivity contribution in [3.8, 4) is 6.07 Å². The molecule has 0 atom stereocenters. The molecule has 0 unspecified atom stereocenters. The standard InChI is InChI=1S/C11H12N2O2/c1-11(2,8-13(14)15)10-5-3-9(7-12)4-6-10/h3-6H,8H2,1-2H3. The second kappa shape index (κ2) is 4.09. The van der Waals surface area contributed by atoms with Crippen LogP contribution in [0.3, 0.4) is 0 Å². The SMILES string of the molecule is CC(C)(C[N+](=O)[O-])c1ccc(C#N)cc1. The van der Waals surface area contributed by atoms with Crippen molar-refractivity contribution < 1.29 is 4.92 Å². The highest BCUT2D eigenvalue weighted by Crippen LogP contribution is 2.23. The minimum atomic E-state index is -0.502. The van der Waals surface area contributed by atoms with Gasteiger partial charge in [0.15, 0.2) is 0 Å². The molecule has 0 N–H and O–H groups in total. The molecule has 1 rings (SSSR count). The Hall–Kier alpha value is -1.89. The molecule has 0 bridgehead atoms. The molecule has 0 aliphatic rings. The molecule has 1 aromatic rings. The first-order valence-electron chi connectivity index (χ1n) is 4.58. The van der Waals surface area contributed by atoms with Crippen molar-refractivity contribution in [3.63, 3.8) is 0 Å². The summed E-state index contributed by atoms with van der Waals surface area (Å²) in [6.07, 6.45) is 0. The molecular formula is C11H12N2O2. The third-order valence-electron chi connectivity index (χ3n) is 2.32. The number of nitro groups is 1. The van der Waals surface area contributed by atoms with Gasteiger partial charge in [-0.2, -0.15) is 5.26 Å². The van der Waals surface area contributed by atoms with Crippen LogP contribution >= 0.6 is 0 Å². The van der Waals surface area contributed by atoms with Crippen LogP contribution in [0.5, 0.6) is 0 Å². The second-order valence-corrected chi connectivity index (χ2v) is 4.06. The molecule has 0 aliphatic heterocycles. The topological polar surface area (TPSA) is 66.9 Å². The molecule has 0 amide bonds. The average Bonchev–Trinajstić information content (AvgIpc) is 2.16. The molecule has 0 aliphatic carbocycles. The Morgan fingerprint density at radius 2 is 1.93 bits per heavy atom. The maximum absolute atomic E-state index is 10.5. The van der Waals surface area contributed by atoms with Gasteiger partial charge in [0, 0.05) is 4.92 Å². The molecule has 0 radical (unpaired) electrons. The van der Waals surface area contributed by atoms with Gasteiger partial charge in [0.25, 0.3) is 0 Å². The Labute approximate surface area is 88.3 Å². The minimum absolute atomic E-state index is 0.112. The molecule has 0 aromatic heterocycles. The van der Waals surface area contributed by atoms with E-state index < -0.39 is 5.41 Å². The van der Waals surface area contributed by atoms with Gasteiger partial charge >= 0.3 is 0 Å². The van der Waals surface area contributed by atoms with Gasteiger partial charge < -0.3 is 0 Å². The van der Waals surface area contributed by atoms with Crippen LogP contribution in [0.25, 0.3) is 0 Å². The van der Waals surface area contributed by atoms with E-state index in [4.69, 9.17) is 5.26 Å². The zero-order valence-corrected chi connectivity index (χ0v) is 8.73. The molecule has 4 heteroatoms. The van der Waals surface area contributed by atoms with Crippen molar-refractivity contribution >= 4 is 0 Å². The molecule has 0 spiro atoms. The van der Waals surface area contributed by atoms with Crippen LogP contribution in [0.15, 0.2) is 24.3 Å². The highest BCUT2D eigenvalue weighted by atomic mass is 16.6. The van der Waals surface area contributed by atoms with Crippen LogP contribution in [-0.2, 0) is 5.41 Å². The first kappa shape index (κ1) is 11.2. The third-order valence-corrected chi connectivity index (χ3v) is 2.32. The van der Waals surface area contributed by atoms with Gasteiger partial charge in [-0.1, -0.05) is 12.1 Å². The number of rotatable bonds is 3. The van der Waals surface area contributed by atoms with E-state index in [1.54, 1.807) is 24.3 Å². The fourth-order valence-corrected chi connectivity index (χ4v) is 1.41. The molecule has 0 fully saturated rings. The average molecular weight is 204 g/mol. The van der Waals surface area contributed by atoms with Crippen LogP contribution in [-0.4, -0.2) is 11.5 Å². The zero-order chi connectivity index (χ0) is 11.5. The van der Waals surface area contributed by atoms with Gasteiger partial charge in [0.2, 0.25) is 6.54 Å². The molecule has 1 aromatic carbocycles. The summed E-state index contributed by atoms with van der Waals surface area (Å²) in [5.41, 5.74) is 0.936. The number of nitrogens with zero attached hydrogens (tertiary/aromatic N) is 2.